The van der Waals surface area contributed by atoms with Crippen molar-refractivity contribution >= 4 is 23.3 Å². The highest BCUT2D eigenvalue weighted by molar-refractivity contribution is 5.94. The molecule has 1 saturated carbocycles. The van der Waals surface area contributed by atoms with Crippen LogP contribution in [-0.4, -0.2) is 24.5 Å². The number of amides is 3. The van der Waals surface area contributed by atoms with Crippen LogP contribution in [0, 0.1) is 6.92 Å². The largest absolute Gasteiger partial charge is 0.335 e. The molecule has 0 unspecified atom stereocenters. The lowest BCUT2D eigenvalue weighted by Crippen LogP contribution is -2.39. The second kappa shape index (κ2) is 7.79. The number of hydrogen-bond acceptors (Lipinski definition) is 3. The van der Waals surface area contributed by atoms with Crippen LogP contribution < -0.4 is 21.7 Å². The number of nitrogens with one attached hydrogen (secondary N) is 3. The molecule has 0 saturated heterocycles. The monoisotopic (exact) mass is 304 g/mol. The van der Waals surface area contributed by atoms with Crippen LogP contribution in [0.15, 0.2) is 18.2 Å². The summed E-state index contributed by atoms with van der Waals surface area (Å²) in [6.07, 6.45) is 5.72. The molecular formula is C16H24N4O2. The van der Waals surface area contributed by atoms with E-state index in [-0.39, 0.29) is 24.5 Å². The summed E-state index contributed by atoms with van der Waals surface area (Å²) in [5, 5.41) is 8.57. The van der Waals surface area contributed by atoms with Gasteiger partial charge in [0.05, 0.1) is 6.54 Å². The smallest absolute Gasteiger partial charge is 0.319 e. The molecule has 1 aliphatic rings. The highest BCUT2D eigenvalue weighted by atomic mass is 16.2. The van der Waals surface area contributed by atoms with Crippen LogP contribution in [0.3, 0.4) is 0 Å². The first kappa shape index (κ1) is 16.3. The molecule has 0 bridgehead atoms. The Labute approximate surface area is 130 Å². The van der Waals surface area contributed by atoms with Gasteiger partial charge in [0.2, 0.25) is 5.91 Å². The minimum atomic E-state index is -0.241. The van der Waals surface area contributed by atoms with E-state index in [0.29, 0.717) is 5.69 Å². The van der Waals surface area contributed by atoms with Gasteiger partial charge >= 0.3 is 6.03 Å². The fraction of sp³-hybridized carbons (Fsp3) is 0.500. The van der Waals surface area contributed by atoms with Crippen molar-refractivity contribution in [2.45, 2.75) is 45.1 Å². The third-order valence-electron chi connectivity index (χ3n) is 3.88. The molecule has 0 aliphatic heterocycles. The van der Waals surface area contributed by atoms with Gasteiger partial charge in [-0.05, 0) is 43.5 Å². The zero-order valence-electron chi connectivity index (χ0n) is 12.9. The van der Waals surface area contributed by atoms with Gasteiger partial charge in [-0.2, -0.15) is 0 Å². The van der Waals surface area contributed by atoms with Gasteiger partial charge in [0.25, 0.3) is 0 Å². The fourth-order valence-corrected chi connectivity index (χ4v) is 2.68. The minimum Gasteiger partial charge on any atom is -0.335 e. The second-order valence-corrected chi connectivity index (χ2v) is 5.72. The lowest BCUT2D eigenvalue weighted by molar-refractivity contribution is -0.114. The molecule has 0 atom stereocenters. The summed E-state index contributed by atoms with van der Waals surface area (Å²) in [5.41, 5.74) is 7.56. The number of anilines is 2. The average molecular weight is 304 g/mol. The predicted molar refractivity (Wildman–Crippen MR) is 87.9 cm³/mol. The molecule has 6 heteroatoms. The Bertz CT molecular complexity index is 539. The second-order valence-electron chi connectivity index (χ2n) is 5.72. The third-order valence-corrected chi connectivity index (χ3v) is 3.88. The van der Waals surface area contributed by atoms with Crippen LogP contribution in [0.1, 0.15) is 37.7 Å². The summed E-state index contributed by atoms with van der Waals surface area (Å²) in [7, 11) is 0. The van der Waals surface area contributed by atoms with Crippen molar-refractivity contribution in [2.24, 2.45) is 5.73 Å². The summed E-state index contributed by atoms with van der Waals surface area (Å²) in [6, 6.07) is 5.44. The van der Waals surface area contributed by atoms with Crippen LogP contribution in [-0.2, 0) is 4.79 Å². The standard InChI is InChI=1S/C16H24N4O2/c1-11-9-13(18-15(21)10-17)7-8-14(11)20-16(22)19-12-5-3-2-4-6-12/h7-9,12H,2-6,10,17H2,1H3,(H,18,21)(H2,19,20,22). The molecule has 120 valence electrons. The van der Waals surface area contributed by atoms with E-state index >= 15 is 0 Å². The Morgan fingerprint density at radius 1 is 1.18 bits per heavy atom. The quantitative estimate of drug-likeness (QED) is 0.687. The zero-order valence-corrected chi connectivity index (χ0v) is 12.9. The molecule has 1 aromatic rings. The molecule has 0 spiro atoms. The number of carbonyl (C=O) groups excluding carboxylic acids is 2. The maximum Gasteiger partial charge on any atom is 0.319 e. The van der Waals surface area contributed by atoms with Gasteiger partial charge in [-0.15, -0.1) is 0 Å². The van der Waals surface area contributed by atoms with Crippen molar-refractivity contribution in [1.82, 2.24) is 5.32 Å². The summed E-state index contributed by atoms with van der Waals surface area (Å²) >= 11 is 0. The van der Waals surface area contributed by atoms with Gasteiger partial charge in [0.1, 0.15) is 0 Å². The van der Waals surface area contributed by atoms with Crippen molar-refractivity contribution in [1.29, 1.82) is 0 Å². The first-order chi connectivity index (χ1) is 10.6. The molecule has 0 aromatic heterocycles. The van der Waals surface area contributed by atoms with E-state index in [9.17, 15) is 9.59 Å². The van der Waals surface area contributed by atoms with Crippen molar-refractivity contribution < 1.29 is 9.59 Å². The topological polar surface area (TPSA) is 96.2 Å². The summed E-state index contributed by atoms with van der Waals surface area (Å²) in [6.45, 7) is 1.83. The summed E-state index contributed by atoms with van der Waals surface area (Å²) in [5.74, 6) is -0.241. The molecule has 1 aliphatic carbocycles. The molecular weight excluding hydrogens is 280 g/mol. The normalized spacial score (nSPS) is 15.2. The van der Waals surface area contributed by atoms with E-state index in [1.165, 1.54) is 19.3 Å². The Balaban J connectivity index is 1.91. The van der Waals surface area contributed by atoms with E-state index in [2.05, 4.69) is 16.0 Å². The van der Waals surface area contributed by atoms with Crippen molar-refractivity contribution in [3.8, 4) is 0 Å². The van der Waals surface area contributed by atoms with Crippen molar-refractivity contribution in [3.63, 3.8) is 0 Å². The number of hydrogen-bond donors (Lipinski definition) is 4. The van der Waals surface area contributed by atoms with Crippen LogP contribution in [0.4, 0.5) is 16.2 Å². The number of nitrogens with two attached hydrogens (primary N) is 1. The van der Waals surface area contributed by atoms with Gasteiger partial charge in [-0.3, -0.25) is 4.79 Å². The van der Waals surface area contributed by atoms with E-state index in [4.69, 9.17) is 5.73 Å². The average Bonchev–Trinajstić information content (AvgIpc) is 2.51. The van der Waals surface area contributed by atoms with Crippen LogP contribution >= 0.6 is 0 Å². The Kier molecular flexibility index (Phi) is 5.77. The van der Waals surface area contributed by atoms with Gasteiger partial charge in [0, 0.05) is 17.4 Å². The summed E-state index contributed by atoms with van der Waals surface area (Å²) < 4.78 is 0. The van der Waals surface area contributed by atoms with Crippen LogP contribution in [0.5, 0.6) is 0 Å². The minimum absolute atomic E-state index is 0.0527. The molecule has 22 heavy (non-hydrogen) atoms. The first-order valence-corrected chi connectivity index (χ1v) is 7.76. The predicted octanol–water partition coefficient (Wildman–Crippen LogP) is 2.35. The molecule has 5 N–H and O–H groups in total. The highest BCUT2D eigenvalue weighted by Gasteiger charge is 2.16. The maximum absolute atomic E-state index is 12.0. The fourth-order valence-electron chi connectivity index (χ4n) is 2.68. The molecule has 1 aromatic carbocycles. The molecule has 2 rings (SSSR count). The molecule has 6 nitrogen and oxygen atoms in total. The van der Waals surface area contributed by atoms with Gasteiger partial charge in [-0.1, -0.05) is 19.3 Å². The van der Waals surface area contributed by atoms with Crippen LogP contribution in [0.2, 0.25) is 0 Å². The SMILES string of the molecule is Cc1cc(NC(=O)CN)ccc1NC(=O)NC1CCCCC1. The van der Waals surface area contributed by atoms with Gasteiger partial charge < -0.3 is 21.7 Å². The molecule has 0 heterocycles. The number of aryl methyl sites for hydroxylation is 1. The Morgan fingerprint density at radius 2 is 1.91 bits per heavy atom. The lowest BCUT2D eigenvalue weighted by Gasteiger charge is -2.23. The lowest BCUT2D eigenvalue weighted by atomic mass is 9.96. The number of carbonyl (C=O) groups is 2. The Morgan fingerprint density at radius 3 is 2.55 bits per heavy atom. The van der Waals surface area contributed by atoms with Crippen molar-refractivity contribution in [3.05, 3.63) is 23.8 Å². The van der Waals surface area contributed by atoms with Crippen LogP contribution in [0.25, 0.3) is 0 Å². The Hall–Kier alpha value is -2.08. The van der Waals surface area contributed by atoms with Gasteiger partial charge in [0.15, 0.2) is 0 Å². The zero-order chi connectivity index (χ0) is 15.9. The first-order valence-electron chi connectivity index (χ1n) is 7.76. The summed E-state index contributed by atoms with van der Waals surface area (Å²) in [4.78, 5) is 23.3. The maximum atomic E-state index is 12.0. The van der Waals surface area contributed by atoms with Gasteiger partial charge in [-0.25, -0.2) is 4.79 Å². The van der Waals surface area contributed by atoms with E-state index in [0.717, 1.165) is 24.1 Å². The van der Waals surface area contributed by atoms with E-state index < -0.39 is 0 Å². The van der Waals surface area contributed by atoms with E-state index in [1.54, 1.807) is 12.1 Å². The van der Waals surface area contributed by atoms with E-state index in [1.807, 2.05) is 13.0 Å². The molecule has 1 fully saturated rings. The third kappa shape index (κ3) is 4.73. The highest BCUT2D eigenvalue weighted by Crippen LogP contribution is 2.20. The number of rotatable bonds is 4. The molecule has 0 radical (unpaired) electrons. The van der Waals surface area contributed by atoms with Crippen molar-refractivity contribution in [2.75, 3.05) is 17.2 Å². The number of urea groups is 1. The number of benzene rings is 1. The molecule has 3 amide bonds.